The SMILES string of the molecule is CCn1c2ccc(C(C)=O)cc2c2cc(C(=O)c3cccc(C)c3)ccc21. The van der Waals surface area contributed by atoms with Gasteiger partial charge in [-0.15, -0.1) is 0 Å². The van der Waals surface area contributed by atoms with E-state index in [0.29, 0.717) is 16.7 Å². The van der Waals surface area contributed by atoms with Crippen molar-refractivity contribution in [3.63, 3.8) is 0 Å². The van der Waals surface area contributed by atoms with Gasteiger partial charge in [-0.3, -0.25) is 9.59 Å². The number of nitrogens with zero attached hydrogens (tertiary/aromatic N) is 1. The van der Waals surface area contributed by atoms with Gasteiger partial charge in [-0.25, -0.2) is 0 Å². The Morgan fingerprint density at radius 3 is 2.00 bits per heavy atom. The van der Waals surface area contributed by atoms with E-state index in [1.807, 2.05) is 67.6 Å². The summed E-state index contributed by atoms with van der Waals surface area (Å²) in [7, 11) is 0. The molecule has 27 heavy (non-hydrogen) atoms. The molecule has 0 radical (unpaired) electrons. The summed E-state index contributed by atoms with van der Waals surface area (Å²) in [5, 5.41) is 2.02. The van der Waals surface area contributed by atoms with Gasteiger partial charge < -0.3 is 4.57 Å². The molecular formula is C24H21NO2. The zero-order valence-electron chi connectivity index (χ0n) is 15.7. The number of benzene rings is 3. The van der Waals surface area contributed by atoms with Crippen LogP contribution in [0.3, 0.4) is 0 Å². The number of fused-ring (bicyclic) bond motifs is 3. The minimum atomic E-state index is 0.0146. The molecule has 4 aromatic rings. The second kappa shape index (κ2) is 6.51. The van der Waals surface area contributed by atoms with Crippen molar-refractivity contribution in [2.24, 2.45) is 0 Å². The van der Waals surface area contributed by atoms with Crippen molar-refractivity contribution in [2.75, 3.05) is 0 Å². The van der Waals surface area contributed by atoms with Crippen LogP contribution in [0.4, 0.5) is 0 Å². The van der Waals surface area contributed by atoms with Crippen molar-refractivity contribution in [1.82, 2.24) is 4.57 Å². The summed E-state index contributed by atoms with van der Waals surface area (Å²) in [6.45, 7) is 6.49. The van der Waals surface area contributed by atoms with E-state index in [1.54, 1.807) is 6.92 Å². The van der Waals surface area contributed by atoms with Crippen LogP contribution in [0, 0.1) is 6.92 Å². The second-order valence-corrected chi connectivity index (χ2v) is 6.96. The van der Waals surface area contributed by atoms with Crippen LogP contribution in [0.25, 0.3) is 21.8 Å². The van der Waals surface area contributed by atoms with Crippen LogP contribution in [-0.4, -0.2) is 16.1 Å². The molecule has 0 bridgehead atoms. The molecule has 0 aliphatic rings. The molecule has 134 valence electrons. The summed E-state index contributed by atoms with van der Waals surface area (Å²) in [4.78, 5) is 24.8. The van der Waals surface area contributed by atoms with Crippen LogP contribution < -0.4 is 0 Å². The summed E-state index contributed by atoms with van der Waals surface area (Å²) < 4.78 is 2.22. The van der Waals surface area contributed by atoms with E-state index in [4.69, 9.17) is 0 Å². The van der Waals surface area contributed by atoms with Crippen LogP contribution in [-0.2, 0) is 6.54 Å². The van der Waals surface area contributed by atoms with Gasteiger partial charge >= 0.3 is 0 Å². The smallest absolute Gasteiger partial charge is 0.193 e. The van der Waals surface area contributed by atoms with Crippen molar-refractivity contribution in [2.45, 2.75) is 27.3 Å². The number of carbonyl (C=O) groups excluding carboxylic acids is 2. The van der Waals surface area contributed by atoms with Gasteiger partial charge in [-0.2, -0.15) is 0 Å². The average molecular weight is 355 g/mol. The molecule has 0 N–H and O–H groups in total. The van der Waals surface area contributed by atoms with Gasteiger partial charge in [0, 0.05) is 45.0 Å². The van der Waals surface area contributed by atoms with Gasteiger partial charge in [-0.05, 0) is 63.2 Å². The topological polar surface area (TPSA) is 39.1 Å². The molecule has 0 atom stereocenters. The summed E-state index contributed by atoms with van der Waals surface area (Å²) in [5.41, 5.74) is 5.27. The molecule has 0 saturated carbocycles. The minimum absolute atomic E-state index is 0.0146. The standard InChI is InChI=1S/C24H21NO2/c1-4-25-22-10-8-17(16(3)26)13-20(22)21-14-19(9-11-23(21)25)24(27)18-7-5-6-15(2)12-18/h5-14H,4H2,1-3H3. The molecule has 0 saturated heterocycles. The Morgan fingerprint density at radius 1 is 0.815 bits per heavy atom. The number of hydrogen-bond donors (Lipinski definition) is 0. The van der Waals surface area contributed by atoms with Gasteiger partial charge in [0.15, 0.2) is 11.6 Å². The van der Waals surface area contributed by atoms with Crippen molar-refractivity contribution < 1.29 is 9.59 Å². The van der Waals surface area contributed by atoms with Crippen molar-refractivity contribution in [3.05, 3.63) is 82.9 Å². The molecule has 3 nitrogen and oxygen atoms in total. The summed E-state index contributed by atoms with van der Waals surface area (Å²) >= 11 is 0. The number of rotatable bonds is 4. The van der Waals surface area contributed by atoms with Gasteiger partial charge in [0.2, 0.25) is 0 Å². The number of Topliss-reactive ketones (excluding diaryl/α,β-unsaturated/α-hetero) is 1. The van der Waals surface area contributed by atoms with Crippen LogP contribution in [0.15, 0.2) is 60.7 Å². The third kappa shape index (κ3) is 2.85. The molecule has 0 aliphatic carbocycles. The van der Waals surface area contributed by atoms with Crippen LogP contribution in [0.1, 0.15) is 45.7 Å². The molecule has 0 amide bonds. The first-order chi connectivity index (χ1) is 13.0. The fourth-order valence-electron chi connectivity index (χ4n) is 3.76. The third-order valence-electron chi connectivity index (χ3n) is 5.13. The molecular weight excluding hydrogens is 334 g/mol. The zero-order valence-corrected chi connectivity index (χ0v) is 15.7. The fraction of sp³-hybridized carbons (Fsp3) is 0.167. The van der Waals surface area contributed by atoms with E-state index < -0.39 is 0 Å². The molecule has 0 fully saturated rings. The number of aryl methyl sites for hydroxylation is 2. The average Bonchev–Trinajstić information content (AvgIpc) is 2.99. The lowest BCUT2D eigenvalue weighted by Crippen LogP contribution is -2.01. The van der Waals surface area contributed by atoms with E-state index in [0.717, 1.165) is 33.9 Å². The Balaban J connectivity index is 1.95. The highest BCUT2D eigenvalue weighted by atomic mass is 16.1. The molecule has 0 spiro atoms. The number of carbonyl (C=O) groups is 2. The lowest BCUT2D eigenvalue weighted by atomic mass is 9.99. The van der Waals surface area contributed by atoms with E-state index in [-0.39, 0.29) is 11.6 Å². The normalized spacial score (nSPS) is 11.2. The fourth-order valence-corrected chi connectivity index (χ4v) is 3.76. The molecule has 0 aliphatic heterocycles. The summed E-state index contributed by atoms with van der Waals surface area (Å²) in [5.74, 6) is 0.0574. The Morgan fingerprint density at radius 2 is 1.41 bits per heavy atom. The van der Waals surface area contributed by atoms with Crippen LogP contribution >= 0.6 is 0 Å². The first-order valence-electron chi connectivity index (χ1n) is 9.18. The van der Waals surface area contributed by atoms with Gasteiger partial charge in [0.05, 0.1) is 0 Å². The van der Waals surface area contributed by atoms with E-state index in [9.17, 15) is 9.59 Å². The van der Waals surface area contributed by atoms with Crippen molar-refractivity contribution in [1.29, 1.82) is 0 Å². The highest BCUT2D eigenvalue weighted by Gasteiger charge is 2.15. The van der Waals surface area contributed by atoms with Gasteiger partial charge in [0.25, 0.3) is 0 Å². The Bertz CT molecular complexity index is 1210. The largest absolute Gasteiger partial charge is 0.341 e. The zero-order chi connectivity index (χ0) is 19.1. The molecule has 3 aromatic carbocycles. The summed E-state index contributed by atoms with van der Waals surface area (Å²) in [6.07, 6.45) is 0. The van der Waals surface area contributed by atoms with E-state index in [1.165, 1.54) is 0 Å². The lowest BCUT2D eigenvalue weighted by Gasteiger charge is -2.05. The molecule has 4 rings (SSSR count). The minimum Gasteiger partial charge on any atom is -0.341 e. The monoisotopic (exact) mass is 355 g/mol. The van der Waals surface area contributed by atoms with Crippen LogP contribution in [0.2, 0.25) is 0 Å². The second-order valence-electron chi connectivity index (χ2n) is 6.96. The quantitative estimate of drug-likeness (QED) is 0.450. The van der Waals surface area contributed by atoms with E-state index >= 15 is 0 Å². The predicted octanol–water partition coefficient (Wildman–Crippen LogP) is 5.56. The molecule has 0 unspecified atom stereocenters. The maximum atomic E-state index is 13.0. The highest BCUT2D eigenvalue weighted by molar-refractivity contribution is 6.15. The van der Waals surface area contributed by atoms with Crippen LogP contribution in [0.5, 0.6) is 0 Å². The number of ketones is 2. The predicted molar refractivity (Wildman–Crippen MR) is 110 cm³/mol. The molecule has 1 heterocycles. The maximum absolute atomic E-state index is 13.0. The highest BCUT2D eigenvalue weighted by Crippen LogP contribution is 2.31. The van der Waals surface area contributed by atoms with Crippen molar-refractivity contribution >= 4 is 33.4 Å². The Hall–Kier alpha value is -3.20. The van der Waals surface area contributed by atoms with Gasteiger partial charge in [-0.1, -0.05) is 23.8 Å². The first kappa shape index (κ1) is 17.2. The van der Waals surface area contributed by atoms with E-state index in [2.05, 4.69) is 11.5 Å². The number of aromatic nitrogens is 1. The maximum Gasteiger partial charge on any atom is 0.193 e. The lowest BCUT2D eigenvalue weighted by molar-refractivity contribution is 0.101. The molecule has 3 heteroatoms. The summed E-state index contributed by atoms with van der Waals surface area (Å²) in [6, 6.07) is 19.3. The number of hydrogen-bond acceptors (Lipinski definition) is 2. The van der Waals surface area contributed by atoms with Gasteiger partial charge in [0.1, 0.15) is 0 Å². The first-order valence-corrected chi connectivity index (χ1v) is 9.18. The third-order valence-corrected chi connectivity index (χ3v) is 5.13. The molecule has 1 aromatic heterocycles. The Kier molecular flexibility index (Phi) is 4.15. The van der Waals surface area contributed by atoms with Crippen molar-refractivity contribution in [3.8, 4) is 0 Å². The Labute approximate surface area is 158 Å².